The van der Waals surface area contributed by atoms with Crippen LogP contribution in [0.1, 0.15) is 22.8 Å². The van der Waals surface area contributed by atoms with E-state index in [2.05, 4.69) is 24.6 Å². The van der Waals surface area contributed by atoms with Crippen molar-refractivity contribution in [1.82, 2.24) is 19.5 Å². The molecule has 3 aliphatic rings. The first-order valence-corrected chi connectivity index (χ1v) is 17.5. The largest absolute Gasteiger partial charge is 0.481 e. The summed E-state index contributed by atoms with van der Waals surface area (Å²) in [6.07, 6.45) is 0.864. The van der Waals surface area contributed by atoms with Gasteiger partial charge in [0, 0.05) is 6.07 Å². The van der Waals surface area contributed by atoms with E-state index in [0.717, 1.165) is 0 Å². The Morgan fingerprint density at radius 1 is 0.959 bits per heavy atom. The average molecular weight is 729 g/mol. The van der Waals surface area contributed by atoms with Crippen LogP contribution < -0.4 is 15.6 Å². The van der Waals surface area contributed by atoms with E-state index in [4.69, 9.17) is 24.3 Å². The fraction of sp³-hybridized carbons (Fsp3) is 0.423. The molecule has 0 radical (unpaired) electrons. The van der Waals surface area contributed by atoms with Crippen molar-refractivity contribution < 1.29 is 71.5 Å². The Hall–Kier alpha value is -3.53. The molecule has 2 unspecified atom stereocenters. The third kappa shape index (κ3) is 7.64. The lowest BCUT2D eigenvalue weighted by Gasteiger charge is -2.20. The van der Waals surface area contributed by atoms with E-state index in [1.165, 1.54) is 46.3 Å². The van der Waals surface area contributed by atoms with Gasteiger partial charge < -0.3 is 50.7 Å². The summed E-state index contributed by atoms with van der Waals surface area (Å²) in [5.74, 6) is -0.369. The fourth-order valence-corrected chi connectivity index (χ4v) is 7.44. The summed E-state index contributed by atoms with van der Waals surface area (Å²) in [4.78, 5) is 44.4. The molecule has 3 aromatic rings. The molecule has 23 heteroatoms. The molecule has 2 aliphatic heterocycles. The number of nitrogens with two attached hydrogens (primary N) is 1. The van der Waals surface area contributed by atoms with Gasteiger partial charge >= 0.3 is 15.6 Å². The maximum atomic E-state index is 12.6. The van der Waals surface area contributed by atoms with Gasteiger partial charge in [-0.15, -0.1) is 0 Å². The molecule has 49 heavy (non-hydrogen) atoms. The number of rotatable bonds is 13. The van der Waals surface area contributed by atoms with E-state index in [1.807, 2.05) is 24.3 Å². The van der Waals surface area contributed by atoms with Gasteiger partial charge in [0.2, 0.25) is 0 Å². The summed E-state index contributed by atoms with van der Waals surface area (Å²) in [6, 6.07) is 2.72. The molecule has 6 rings (SSSR count). The number of nitrogens with one attached hydrogen (secondary N) is 1. The number of fused-ring (bicyclic) bond motifs is 1. The number of nitrogens with zero attached hydrogens (tertiary/aromatic N) is 5. The van der Waals surface area contributed by atoms with Crippen molar-refractivity contribution in [3.8, 4) is 0 Å². The van der Waals surface area contributed by atoms with Crippen LogP contribution in [0.2, 0.25) is 0 Å². The van der Waals surface area contributed by atoms with E-state index in [-0.39, 0.29) is 17.3 Å². The highest BCUT2D eigenvalue weighted by Gasteiger charge is 2.50. The summed E-state index contributed by atoms with van der Waals surface area (Å²) >= 11 is 0. The topological polar surface area (TPSA) is 304 Å². The monoisotopic (exact) mass is 728 g/mol. The van der Waals surface area contributed by atoms with Crippen molar-refractivity contribution in [1.29, 1.82) is 0 Å². The predicted molar refractivity (Wildman–Crippen MR) is 161 cm³/mol. The molecular formula is C26H32N7O14P2+. The van der Waals surface area contributed by atoms with E-state index in [9.17, 15) is 44.1 Å². The molecule has 21 nitrogen and oxygen atoms in total. The van der Waals surface area contributed by atoms with Crippen LogP contribution in [0.25, 0.3) is 11.2 Å². The highest BCUT2D eigenvalue weighted by atomic mass is 31.3. The maximum absolute atomic E-state index is 12.6. The molecule has 0 aromatic carbocycles. The van der Waals surface area contributed by atoms with Gasteiger partial charge in [-0.1, -0.05) is 24.3 Å². The van der Waals surface area contributed by atoms with Crippen molar-refractivity contribution in [2.45, 2.75) is 55.1 Å². The molecule has 10 atom stereocenters. The predicted octanol–water partition coefficient (Wildman–Crippen LogP) is -1.69. The Morgan fingerprint density at radius 3 is 2.29 bits per heavy atom. The van der Waals surface area contributed by atoms with Crippen molar-refractivity contribution in [3.05, 3.63) is 67.0 Å². The van der Waals surface area contributed by atoms with Crippen molar-refractivity contribution in [2.75, 3.05) is 18.5 Å². The fourth-order valence-electron chi connectivity index (χ4n) is 5.35. The molecule has 3 aromatic heterocycles. The van der Waals surface area contributed by atoms with Crippen LogP contribution in [0, 0.1) is 0 Å². The average Bonchev–Trinajstić information content (AvgIpc) is 3.84. The quantitative estimate of drug-likeness (QED) is 0.0719. The number of pyridine rings is 1. The number of imidazole rings is 1. The van der Waals surface area contributed by atoms with Gasteiger partial charge in [-0.3, -0.25) is 18.4 Å². The van der Waals surface area contributed by atoms with Crippen molar-refractivity contribution in [2.24, 2.45) is 5.73 Å². The van der Waals surface area contributed by atoms with Crippen molar-refractivity contribution in [3.63, 3.8) is 0 Å². The van der Waals surface area contributed by atoms with E-state index < -0.39 is 83.8 Å². The van der Waals surface area contributed by atoms with Crippen LogP contribution in [0.3, 0.4) is 0 Å². The third-order valence-corrected chi connectivity index (χ3v) is 10.4. The summed E-state index contributed by atoms with van der Waals surface area (Å²) in [7, 11) is -10.8. The lowest BCUT2D eigenvalue weighted by molar-refractivity contribution is -0.765. The zero-order valence-corrected chi connectivity index (χ0v) is 26.8. The van der Waals surface area contributed by atoms with Gasteiger partial charge in [-0.05, 0) is 6.07 Å². The minimum absolute atomic E-state index is 0.0711. The zero-order chi connectivity index (χ0) is 35.1. The number of phosphoric acid groups is 2. The number of hydrogen-bond donors (Lipinski definition) is 8. The first kappa shape index (κ1) is 35.3. The molecule has 2 saturated heterocycles. The second-order valence-electron chi connectivity index (χ2n) is 11.1. The molecule has 0 bridgehead atoms. The number of ether oxygens (including phenoxy) is 2. The normalized spacial score (nSPS) is 30.9. The smallest absolute Gasteiger partial charge is 0.387 e. The van der Waals surface area contributed by atoms with Gasteiger partial charge in [0.25, 0.3) is 12.1 Å². The first-order chi connectivity index (χ1) is 23.2. The zero-order valence-electron chi connectivity index (χ0n) is 25.0. The van der Waals surface area contributed by atoms with Crippen LogP contribution in [0.5, 0.6) is 0 Å². The number of aliphatic hydroxyl groups excluding tert-OH is 4. The van der Waals surface area contributed by atoms with Gasteiger partial charge in [0.15, 0.2) is 41.7 Å². The second kappa shape index (κ2) is 14.0. The van der Waals surface area contributed by atoms with Gasteiger partial charge in [-0.25, -0.2) is 24.1 Å². The van der Waals surface area contributed by atoms with Crippen LogP contribution in [-0.4, -0.2) is 112 Å². The number of carbonyl (C=O) groups is 1. The summed E-state index contributed by atoms with van der Waals surface area (Å²) in [6.45, 7) is -1.79. The van der Waals surface area contributed by atoms with Crippen LogP contribution in [0.15, 0.2) is 61.5 Å². The Kier molecular flexibility index (Phi) is 10.1. The Morgan fingerprint density at radius 2 is 1.61 bits per heavy atom. The first-order valence-electron chi connectivity index (χ1n) is 14.5. The lowest BCUT2D eigenvalue weighted by atomic mass is 10.1. The molecule has 1 aliphatic carbocycles. The number of anilines is 1. The Labute approximate surface area is 276 Å². The summed E-state index contributed by atoms with van der Waals surface area (Å²) in [5.41, 5.74) is 5.91. The number of aromatic nitrogens is 5. The van der Waals surface area contributed by atoms with Crippen LogP contribution in [-0.2, 0) is 32.0 Å². The number of allylic oxidation sites excluding steroid dienone is 2. The van der Waals surface area contributed by atoms with Crippen LogP contribution in [0.4, 0.5) is 5.82 Å². The van der Waals surface area contributed by atoms with Crippen LogP contribution >= 0.6 is 15.6 Å². The highest BCUT2D eigenvalue weighted by Crippen LogP contribution is 2.60. The maximum Gasteiger partial charge on any atom is 0.481 e. The molecule has 1 amide bonds. The van der Waals surface area contributed by atoms with E-state index >= 15 is 0 Å². The second-order valence-corrected chi connectivity index (χ2v) is 14.1. The van der Waals surface area contributed by atoms with Gasteiger partial charge in [0.05, 0.1) is 25.6 Å². The standard InChI is InChI=1S/C26H31N7O14P2/c27-22(38)13-4-3-7-32(8-13)25-20(36)18(34)15(45-25)9-43-48(39,40)47-49(41,42)44-10-16-19(35)21(37)26(46-16)33-12-30-17-23(28-11-29-24(17)33)31-14-5-1-2-6-14/h1-8,11-12,14-16,18-21,25-26,34-37H,9-10H2,(H4-,27,28,29,31,38,39,40,41,42)/p+1/t15-,16-,18-,19-,20-,21-,25-,26-/m1/s1. The number of primary amides is 1. The lowest BCUT2D eigenvalue weighted by Crippen LogP contribution is -2.46. The molecule has 264 valence electrons. The number of hydrogen-bond acceptors (Lipinski definition) is 16. The van der Waals surface area contributed by atoms with Crippen molar-refractivity contribution >= 4 is 38.5 Å². The van der Waals surface area contributed by atoms with Gasteiger partial charge in [0.1, 0.15) is 42.4 Å². The molecule has 0 saturated carbocycles. The third-order valence-electron chi connectivity index (χ3n) is 7.77. The summed E-state index contributed by atoms with van der Waals surface area (Å²) < 4.78 is 52.7. The molecular weight excluding hydrogens is 696 g/mol. The number of carbonyl (C=O) groups excluding carboxylic acids is 1. The summed E-state index contributed by atoms with van der Waals surface area (Å²) in [5, 5.41) is 45.3. The molecule has 9 N–H and O–H groups in total. The van der Waals surface area contributed by atoms with E-state index in [0.29, 0.717) is 11.3 Å². The molecule has 0 spiro atoms. The number of aliphatic hydroxyl groups is 4. The minimum atomic E-state index is -5.39. The minimum Gasteiger partial charge on any atom is -0.387 e. The Balaban J connectivity index is 1.04. The number of phosphoric ester groups is 2. The van der Waals surface area contributed by atoms with E-state index in [1.54, 1.807) is 0 Å². The van der Waals surface area contributed by atoms with Gasteiger partial charge in [-0.2, -0.15) is 8.88 Å². The molecule has 5 heterocycles. The number of amides is 1. The highest BCUT2D eigenvalue weighted by molar-refractivity contribution is 7.61. The molecule has 2 fully saturated rings. The Bertz CT molecular complexity index is 1850. The SMILES string of the molecule is NC(=O)c1ccc[n+]([C@@H]2O[C@H](COP(=O)(O)OP(=O)(O)OC[C@H]3O[C@@H](n4cnc5c(NC6C=CC=C6)ncnc54)[C@H](O)[C@@H]3O)[C@@H](O)[C@H]2O)c1.